The van der Waals surface area contributed by atoms with E-state index in [9.17, 15) is 10.3 Å². The average Bonchev–Trinajstić information content (AvgIpc) is 2.34. The molecule has 0 amide bonds. The summed E-state index contributed by atoms with van der Waals surface area (Å²) in [6.45, 7) is 8.10. The Kier molecular flexibility index (Phi) is 5.71. The van der Waals surface area contributed by atoms with Crippen molar-refractivity contribution in [3.8, 4) is 5.75 Å². The van der Waals surface area contributed by atoms with Crippen LogP contribution >= 0.6 is 0 Å². The minimum Gasteiger partial charge on any atom is -0.507 e. The van der Waals surface area contributed by atoms with E-state index < -0.39 is 0 Å². The van der Waals surface area contributed by atoms with Crippen molar-refractivity contribution in [2.45, 2.75) is 57.7 Å². The molecular formula is C16H24N2O2Zn. The molecule has 0 bridgehead atoms. The molecule has 0 spiro atoms. The predicted octanol–water partition coefficient (Wildman–Crippen LogP) is 3.22. The van der Waals surface area contributed by atoms with Crippen molar-refractivity contribution in [2.24, 2.45) is 4.99 Å². The zero-order chi connectivity index (χ0) is 15.0. The quantitative estimate of drug-likeness (QED) is 0.641. The second-order valence-electron chi connectivity index (χ2n) is 6.84. The zero-order valence-corrected chi connectivity index (χ0v) is 16.3. The maximum Gasteiger partial charge on any atom is 0.124 e. The van der Waals surface area contributed by atoms with Crippen LogP contribution in [0.2, 0.25) is 0 Å². The molecule has 0 aromatic heterocycles. The molecule has 2 N–H and O–H groups in total. The Morgan fingerprint density at radius 2 is 1.67 bits per heavy atom. The predicted molar refractivity (Wildman–Crippen MR) is 80.5 cm³/mol. The number of aliphatic imine (C=N–C) groups is 1. The van der Waals surface area contributed by atoms with E-state index in [1.165, 1.54) is 5.06 Å². The van der Waals surface area contributed by atoms with Crippen molar-refractivity contribution >= 4 is 6.21 Å². The van der Waals surface area contributed by atoms with E-state index in [0.29, 0.717) is 0 Å². The molecule has 21 heavy (non-hydrogen) atoms. The third-order valence-corrected chi connectivity index (χ3v) is 3.98. The summed E-state index contributed by atoms with van der Waals surface area (Å²) in [6, 6.07) is 7.32. The third kappa shape index (κ3) is 4.12. The molecule has 1 aliphatic heterocycles. The van der Waals surface area contributed by atoms with Gasteiger partial charge in [0.1, 0.15) is 5.75 Å². The van der Waals surface area contributed by atoms with Crippen molar-refractivity contribution < 1.29 is 29.8 Å². The van der Waals surface area contributed by atoms with Crippen LogP contribution < -0.4 is 0 Å². The summed E-state index contributed by atoms with van der Waals surface area (Å²) in [4.78, 5) is 4.62. The number of hydroxylamine groups is 2. The van der Waals surface area contributed by atoms with E-state index in [0.717, 1.165) is 18.4 Å². The molecule has 0 atom stereocenters. The van der Waals surface area contributed by atoms with Gasteiger partial charge in [0.25, 0.3) is 0 Å². The van der Waals surface area contributed by atoms with Crippen LogP contribution in [0.1, 0.15) is 46.1 Å². The summed E-state index contributed by atoms with van der Waals surface area (Å²) in [5.74, 6) is 0.245. The Morgan fingerprint density at radius 1 is 1.14 bits per heavy atom. The molecule has 1 aromatic rings. The van der Waals surface area contributed by atoms with Crippen LogP contribution in [0, 0.1) is 0 Å². The van der Waals surface area contributed by atoms with Crippen LogP contribution in [0.4, 0.5) is 0 Å². The largest absolute Gasteiger partial charge is 0.507 e. The first kappa shape index (κ1) is 18.3. The number of hydrogen-bond donors (Lipinski definition) is 2. The topological polar surface area (TPSA) is 56.1 Å². The minimum absolute atomic E-state index is 0. The number of benzene rings is 1. The Morgan fingerprint density at radius 3 is 2.19 bits per heavy atom. The molecule has 1 aromatic carbocycles. The van der Waals surface area contributed by atoms with Crippen molar-refractivity contribution in [3.63, 3.8) is 0 Å². The first-order valence-corrected chi connectivity index (χ1v) is 7.03. The molecule has 1 fully saturated rings. The van der Waals surface area contributed by atoms with E-state index in [-0.39, 0.29) is 42.3 Å². The van der Waals surface area contributed by atoms with Gasteiger partial charge >= 0.3 is 0 Å². The minimum atomic E-state index is -0.303. The Labute approximate surface area is 139 Å². The second-order valence-corrected chi connectivity index (χ2v) is 6.84. The number of hydrogen-bond acceptors (Lipinski definition) is 4. The van der Waals surface area contributed by atoms with Gasteiger partial charge in [-0.05, 0) is 52.7 Å². The van der Waals surface area contributed by atoms with Gasteiger partial charge in [-0.2, -0.15) is 5.06 Å². The van der Waals surface area contributed by atoms with Crippen LogP contribution in [-0.4, -0.2) is 38.7 Å². The van der Waals surface area contributed by atoms with E-state index in [2.05, 4.69) is 4.99 Å². The molecule has 0 radical (unpaired) electrons. The standard InChI is InChI=1S/C16H24N2O2.Zn/c1-15(2)9-13(10-16(3,4)18(15)20)17-11-12-7-5-6-8-14(12)19;/h5-8,11,13,19-20H,9-10H2,1-4H3;. The summed E-state index contributed by atoms with van der Waals surface area (Å²) in [5, 5.41) is 21.5. The van der Waals surface area contributed by atoms with Gasteiger partial charge < -0.3 is 10.3 Å². The number of piperidine rings is 1. The third-order valence-electron chi connectivity index (χ3n) is 3.98. The van der Waals surface area contributed by atoms with Gasteiger partial charge in [-0.1, -0.05) is 12.1 Å². The van der Waals surface area contributed by atoms with Gasteiger partial charge in [0, 0.05) is 42.3 Å². The molecule has 112 valence electrons. The van der Waals surface area contributed by atoms with E-state index in [1.54, 1.807) is 18.3 Å². The molecule has 1 aliphatic rings. The van der Waals surface area contributed by atoms with Crippen LogP contribution in [0.15, 0.2) is 29.3 Å². The maximum atomic E-state index is 10.3. The number of nitrogens with zero attached hydrogens (tertiary/aromatic N) is 2. The number of phenols is 1. The Hall–Kier alpha value is -0.767. The van der Waals surface area contributed by atoms with Crippen molar-refractivity contribution in [1.29, 1.82) is 0 Å². The second kappa shape index (κ2) is 6.55. The molecule has 5 heteroatoms. The van der Waals surface area contributed by atoms with E-state index in [4.69, 9.17) is 0 Å². The summed E-state index contributed by atoms with van der Waals surface area (Å²) in [7, 11) is 0. The first-order chi connectivity index (χ1) is 9.22. The normalized spacial score (nSPS) is 22.1. The summed E-state index contributed by atoms with van der Waals surface area (Å²) < 4.78 is 0. The summed E-state index contributed by atoms with van der Waals surface area (Å²) in [5.41, 5.74) is 0.125. The molecular weight excluding hydrogens is 318 g/mol. The molecule has 0 aliphatic carbocycles. The SMILES string of the molecule is CC1(C)CC(N=Cc2ccccc2O)CC(C)(C)N1O.[Zn]. The van der Waals surface area contributed by atoms with Gasteiger partial charge in [0.15, 0.2) is 0 Å². The van der Waals surface area contributed by atoms with Gasteiger partial charge in [0.05, 0.1) is 6.04 Å². The fourth-order valence-corrected chi connectivity index (χ4v) is 3.11. The molecule has 1 saturated heterocycles. The smallest absolute Gasteiger partial charge is 0.124 e. The van der Waals surface area contributed by atoms with Crippen LogP contribution in [0.25, 0.3) is 0 Å². The van der Waals surface area contributed by atoms with Crippen LogP contribution in [-0.2, 0) is 19.5 Å². The average molecular weight is 342 g/mol. The monoisotopic (exact) mass is 340 g/mol. The number of rotatable bonds is 2. The fraction of sp³-hybridized carbons (Fsp3) is 0.562. The fourth-order valence-electron chi connectivity index (χ4n) is 3.11. The molecule has 4 nitrogen and oxygen atoms in total. The van der Waals surface area contributed by atoms with Gasteiger partial charge in [-0.25, -0.2) is 0 Å². The number of aromatic hydroxyl groups is 1. The van der Waals surface area contributed by atoms with Gasteiger partial charge in [-0.3, -0.25) is 4.99 Å². The Bertz CT molecular complexity index is 497. The molecule has 0 unspecified atom stereocenters. The van der Waals surface area contributed by atoms with Crippen molar-refractivity contribution in [3.05, 3.63) is 29.8 Å². The van der Waals surface area contributed by atoms with Gasteiger partial charge in [-0.15, -0.1) is 0 Å². The summed E-state index contributed by atoms with van der Waals surface area (Å²) in [6.07, 6.45) is 3.31. The van der Waals surface area contributed by atoms with E-state index in [1.807, 2.05) is 39.8 Å². The molecule has 0 saturated carbocycles. The molecule has 2 rings (SSSR count). The Balaban J connectivity index is 0.00000220. The van der Waals surface area contributed by atoms with Crippen molar-refractivity contribution in [1.82, 2.24) is 5.06 Å². The zero-order valence-electron chi connectivity index (χ0n) is 13.4. The van der Waals surface area contributed by atoms with Gasteiger partial charge in [0.2, 0.25) is 0 Å². The molecule has 1 heterocycles. The van der Waals surface area contributed by atoms with Crippen LogP contribution in [0.5, 0.6) is 5.75 Å². The first-order valence-electron chi connectivity index (χ1n) is 7.03. The number of phenolic OH excluding ortho intramolecular Hbond substituents is 1. The van der Waals surface area contributed by atoms with Crippen molar-refractivity contribution in [2.75, 3.05) is 0 Å². The van der Waals surface area contributed by atoms with E-state index >= 15 is 0 Å². The number of para-hydroxylation sites is 1. The van der Waals surface area contributed by atoms with Crippen LogP contribution in [0.3, 0.4) is 0 Å². The summed E-state index contributed by atoms with van der Waals surface area (Å²) >= 11 is 0. The maximum absolute atomic E-state index is 10.3.